The average Bonchev–Trinajstić information content (AvgIpc) is 2.46. The van der Waals surface area contributed by atoms with Crippen molar-refractivity contribution in [1.29, 1.82) is 0 Å². The van der Waals surface area contributed by atoms with Crippen molar-refractivity contribution in [3.63, 3.8) is 0 Å². The van der Waals surface area contributed by atoms with Crippen molar-refractivity contribution in [1.82, 2.24) is 15.3 Å². The summed E-state index contributed by atoms with van der Waals surface area (Å²) in [5, 5.41) is 4.23. The van der Waals surface area contributed by atoms with Crippen LogP contribution in [0.25, 0.3) is 11.0 Å². The van der Waals surface area contributed by atoms with E-state index in [2.05, 4.69) is 43.3 Å². The van der Waals surface area contributed by atoms with E-state index < -0.39 is 0 Å². The average molecular weight is 240 g/mol. The Kier molecular flexibility index (Phi) is 2.33. The molecule has 0 fully saturated rings. The summed E-state index contributed by atoms with van der Waals surface area (Å²) in [4.78, 5) is 7.48. The fourth-order valence-corrected chi connectivity index (χ4v) is 1.68. The molecule has 0 bridgehead atoms. The normalized spacial score (nSPS) is 10.9. The summed E-state index contributed by atoms with van der Waals surface area (Å²) in [7, 11) is 1.93. The molecule has 2 rings (SSSR count). The van der Waals surface area contributed by atoms with Gasteiger partial charge in [-0.3, -0.25) is 0 Å². The summed E-state index contributed by atoms with van der Waals surface area (Å²) >= 11 is 3.39. The van der Waals surface area contributed by atoms with Crippen LogP contribution in [-0.4, -0.2) is 17.0 Å². The van der Waals surface area contributed by atoms with E-state index in [9.17, 15) is 0 Å². The molecule has 0 spiro atoms. The van der Waals surface area contributed by atoms with E-state index in [1.807, 2.05) is 7.05 Å². The Morgan fingerprint density at radius 3 is 3.15 bits per heavy atom. The molecule has 0 saturated heterocycles. The molecule has 2 heterocycles. The Labute approximate surface area is 84.7 Å². The van der Waals surface area contributed by atoms with Crippen molar-refractivity contribution in [3.8, 4) is 0 Å². The molecule has 0 aromatic carbocycles. The van der Waals surface area contributed by atoms with Crippen molar-refractivity contribution >= 4 is 27.0 Å². The minimum absolute atomic E-state index is 0.841. The molecular formula is C9H10BrN3. The molecule has 2 N–H and O–H groups in total. The molecule has 2 aromatic heterocycles. The summed E-state index contributed by atoms with van der Waals surface area (Å²) in [5.74, 6) is 0. The number of H-pyrrole nitrogens is 1. The highest BCUT2D eigenvalue weighted by Crippen LogP contribution is 2.17. The highest BCUT2D eigenvalue weighted by molar-refractivity contribution is 9.10. The van der Waals surface area contributed by atoms with Gasteiger partial charge in [-0.15, -0.1) is 0 Å². The van der Waals surface area contributed by atoms with Crippen molar-refractivity contribution in [3.05, 3.63) is 28.5 Å². The minimum atomic E-state index is 0.841. The predicted octanol–water partition coefficient (Wildman–Crippen LogP) is 2.04. The highest BCUT2D eigenvalue weighted by atomic mass is 79.9. The largest absolute Gasteiger partial charge is 0.342 e. The van der Waals surface area contributed by atoms with E-state index >= 15 is 0 Å². The van der Waals surface area contributed by atoms with Gasteiger partial charge in [0.05, 0.1) is 0 Å². The molecule has 0 aliphatic carbocycles. The summed E-state index contributed by atoms with van der Waals surface area (Å²) in [6.45, 7) is 0.841. The van der Waals surface area contributed by atoms with Crippen LogP contribution in [0.15, 0.2) is 22.8 Å². The smallest absolute Gasteiger partial charge is 0.137 e. The summed E-state index contributed by atoms with van der Waals surface area (Å²) < 4.78 is 1.01. The fraction of sp³-hybridized carbons (Fsp3) is 0.222. The Morgan fingerprint density at radius 2 is 2.38 bits per heavy atom. The van der Waals surface area contributed by atoms with E-state index in [0.717, 1.165) is 27.7 Å². The third-order valence-electron chi connectivity index (χ3n) is 1.86. The molecule has 4 heteroatoms. The van der Waals surface area contributed by atoms with Gasteiger partial charge in [-0.1, -0.05) is 0 Å². The SMILES string of the molecule is CNCc1cc2cc(Br)cnc2[nH]1. The van der Waals surface area contributed by atoms with Crippen LogP contribution in [0.1, 0.15) is 5.69 Å². The van der Waals surface area contributed by atoms with E-state index in [4.69, 9.17) is 0 Å². The van der Waals surface area contributed by atoms with Gasteiger partial charge in [-0.25, -0.2) is 4.98 Å². The van der Waals surface area contributed by atoms with Crippen LogP contribution in [0.5, 0.6) is 0 Å². The van der Waals surface area contributed by atoms with Gasteiger partial charge in [0.1, 0.15) is 5.65 Å². The number of halogens is 1. The van der Waals surface area contributed by atoms with E-state index in [0.29, 0.717) is 0 Å². The summed E-state index contributed by atoms with van der Waals surface area (Å²) in [6.07, 6.45) is 1.79. The summed E-state index contributed by atoms with van der Waals surface area (Å²) in [5.41, 5.74) is 2.09. The number of nitrogens with one attached hydrogen (secondary N) is 2. The van der Waals surface area contributed by atoms with Gasteiger partial charge in [0.25, 0.3) is 0 Å². The first-order valence-electron chi connectivity index (χ1n) is 4.07. The zero-order valence-corrected chi connectivity index (χ0v) is 8.85. The van der Waals surface area contributed by atoms with Crippen LogP contribution in [-0.2, 0) is 6.54 Å². The van der Waals surface area contributed by atoms with Gasteiger partial charge in [-0.05, 0) is 35.1 Å². The van der Waals surface area contributed by atoms with Gasteiger partial charge in [0.2, 0.25) is 0 Å². The maximum atomic E-state index is 4.25. The van der Waals surface area contributed by atoms with Gasteiger partial charge < -0.3 is 10.3 Å². The second-order valence-corrected chi connectivity index (χ2v) is 3.83. The third kappa shape index (κ3) is 1.73. The van der Waals surface area contributed by atoms with Crippen molar-refractivity contribution in [2.75, 3.05) is 7.05 Å². The molecular weight excluding hydrogens is 230 g/mol. The van der Waals surface area contributed by atoms with E-state index in [1.54, 1.807) is 6.20 Å². The molecule has 0 aliphatic rings. The number of hydrogen-bond donors (Lipinski definition) is 2. The molecule has 0 aliphatic heterocycles. The lowest BCUT2D eigenvalue weighted by Gasteiger charge is -1.91. The van der Waals surface area contributed by atoms with Crippen molar-refractivity contribution in [2.45, 2.75) is 6.54 Å². The molecule has 68 valence electrons. The lowest BCUT2D eigenvalue weighted by atomic mass is 10.3. The second kappa shape index (κ2) is 3.47. The second-order valence-electron chi connectivity index (χ2n) is 2.92. The zero-order valence-electron chi connectivity index (χ0n) is 7.26. The van der Waals surface area contributed by atoms with Crippen LogP contribution in [0.2, 0.25) is 0 Å². The number of aromatic nitrogens is 2. The zero-order chi connectivity index (χ0) is 9.26. The number of fused-ring (bicyclic) bond motifs is 1. The Balaban J connectivity index is 2.49. The Bertz CT molecular complexity index is 422. The first-order chi connectivity index (χ1) is 6.29. The minimum Gasteiger partial charge on any atom is -0.342 e. The number of hydrogen-bond acceptors (Lipinski definition) is 2. The van der Waals surface area contributed by atoms with Crippen LogP contribution in [0, 0.1) is 0 Å². The lowest BCUT2D eigenvalue weighted by molar-refractivity contribution is 0.799. The first-order valence-corrected chi connectivity index (χ1v) is 4.86. The topological polar surface area (TPSA) is 40.7 Å². The van der Waals surface area contributed by atoms with E-state index in [1.165, 1.54) is 0 Å². The van der Waals surface area contributed by atoms with E-state index in [-0.39, 0.29) is 0 Å². The monoisotopic (exact) mass is 239 g/mol. The number of nitrogens with zero attached hydrogens (tertiary/aromatic N) is 1. The van der Waals surface area contributed by atoms with Crippen LogP contribution >= 0.6 is 15.9 Å². The molecule has 0 amide bonds. The Morgan fingerprint density at radius 1 is 1.54 bits per heavy atom. The van der Waals surface area contributed by atoms with Crippen molar-refractivity contribution in [2.24, 2.45) is 0 Å². The van der Waals surface area contributed by atoms with Crippen LogP contribution in [0.3, 0.4) is 0 Å². The van der Waals surface area contributed by atoms with Crippen molar-refractivity contribution < 1.29 is 0 Å². The molecule has 13 heavy (non-hydrogen) atoms. The molecule has 0 unspecified atom stereocenters. The van der Waals surface area contributed by atoms with Crippen LogP contribution < -0.4 is 5.32 Å². The molecule has 2 aromatic rings. The first kappa shape index (κ1) is 8.72. The Hall–Kier alpha value is -0.870. The van der Waals surface area contributed by atoms with Gasteiger partial charge in [0.15, 0.2) is 0 Å². The summed E-state index contributed by atoms with van der Waals surface area (Å²) in [6, 6.07) is 4.15. The molecule has 3 nitrogen and oxygen atoms in total. The quantitative estimate of drug-likeness (QED) is 0.843. The third-order valence-corrected chi connectivity index (χ3v) is 2.29. The predicted molar refractivity (Wildman–Crippen MR) is 56.6 cm³/mol. The maximum absolute atomic E-state index is 4.25. The van der Waals surface area contributed by atoms with Gasteiger partial charge in [0, 0.05) is 28.3 Å². The van der Waals surface area contributed by atoms with Gasteiger partial charge >= 0.3 is 0 Å². The number of rotatable bonds is 2. The maximum Gasteiger partial charge on any atom is 0.137 e. The highest BCUT2D eigenvalue weighted by Gasteiger charge is 2.00. The van der Waals surface area contributed by atoms with Crippen LogP contribution in [0.4, 0.5) is 0 Å². The molecule has 0 saturated carbocycles. The standard InChI is InChI=1S/C9H10BrN3/c1-11-5-8-3-6-2-7(10)4-12-9(6)13-8/h2-4,11H,5H2,1H3,(H,12,13). The fourth-order valence-electron chi connectivity index (χ4n) is 1.33. The number of pyridine rings is 1. The molecule has 0 radical (unpaired) electrons. The van der Waals surface area contributed by atoms with Gasteiger partial charge in [-0.2, -0.15) is 0 Å². The lowest BCUT2D eigenvalue weighted by Crippen LogP contribution is -2.04. The number of aromatic amines is 1. The molecule has 0 atom stereocenters.